The molecule has 0 spiro atoms. The van der Waals surface area contributed by atoms with Gasteiger partial charge in [0.25, 0.3) is 0 Å². The molecule has 6 heteroatoms. The zero-order chi connectivity index (χ0) is 23.0. The number of aryl methyl sites for hydroxylation is 1. The fourth-order valence-corrected chi connectivity index (χ4v) is 4.38. The fourth-order valence-electron chi connectivity index (χ4n) is 4.38. The molecule has 1 unspecified atom stereocenters. The van der Waals surface area contributed by atoms with E-state index in [0.29, 0.717) is 24.2 Å². The molecule has 2 aromatic carbocycles. The lowest BCUT2D eigenvalue weighted by Crippen LogP contribution is -2.41. The smallest absolute Gasteiger partial charge is 0.241 e. The van der Waals surface area contributed by atoms with Crippen molar-refractivity contribution in [3.8, 4) is 11.4 Å². The van der Waals surface area contributed by atoms with Gasteiger partial charge in [0, 0.05) is 18.0 Å². The van der Waals surface area contributed by atoms with Crippen molar-refractivity contribution < 1.29 is 9.32 Å². The third kappa shape index (κ3) is 6.51. The Morgan fingerprint density at radius 2 is 1.85 bits per heavy atom. The Labute approximate surface area is 196 Å². The lowest BCUT2D eigenvalue weighted by molar-refractivity contribution is -0.126. The van der Waals surface area contributed by atoms with Gasteiger partial charge in [0.1, 0.15) is 0 Å². The lowest BCUT2D eigenvalue weighted by atomic mass is 9.94. The van der Waals surface area contributed by atoms with Crippen molar-refractivity contribution in [2.75, 3.05) is 19.6 Å². The topological polar surface area (TPSA) is 71.3 Å². The van der Waals surface area contributed by atoms with Crippen LogP contribution in [0.25, 0.3) is 11.4 Å². The standard InChI is InChI=1S/C27H34N4O2/c1-3-21(17-22-7-5-4-6-8-22)18-28-27(32)24-13-15-31(16-14-24)19-25-29-26(30-33-25)23-11-9-20(2)10-12-23/h4-12,21,24H,3,13-19H2,1-2H3,(H,28,32). The number of piperidine rings is 1. The maximum absolute atomic E-state index is 12.7. The fraction of sp³-hybridized carbons (Fsp3) is 0.444. The number of hydrogen-bond donors (Lipinski definition) is 1. The van der Waals surface area contributed by atoms with Gasteiger partial charge in [0.15, 0.2) is 0 Å². The van der Waals surface area contributed by atoms with Crippen LogP contribution in [0.4, 0.5) is 0 Å². The van der Waals surface area contributed by atoms with E-state index in [-0.39, 0.29) is 11.8 Å². The summed E-state index contributed by atoms with van der Waals surface area (Å²) in [5.41, 5.74) is 3.50. The number of likely N-dealkylation sites (tertiary alicyclic amines) is 1. The minimum Gasteiger partial charge on any atom is -0.356 e. The molecule has 0 bridgehead atoms. The van der Waals surface area contributed by atoms with Gasteiger partial charge >= 0.3 is 0 Å². The van der Waals surface area contributed by atoms with Crippen LogP contribution in [0, 0.1) is 18.8 Å². The lowest BCUT2D eigenvalue weighted by Gasteiger charge is -2.30. The summed E-state index contributed by atoms with van der Waals surface area (Å²) >= 11 is 0. The molecule has 33 heavy (non-hydrogen) atoms. The minimum atomic E-state index is 0.0845. The van der Waals surface area contributed by atoms with Gasteiger partial charge in [-0.25, -0.2) is 0 Å². The van der Waals surface area contributed by atoms with Gasteiger partial charge < -0.3 is 9.84 Å². The second kappa shape index (κ2) is 11.2. The van der Waals surface area contributed by atoms with Crippen molar-refractivity contribution >= 4 is 5.91 Å². The van der Waals surface area contributed by atoms with E-state index in [1.165, 1.54) is 11.1 Å². The molecule has 4 rings (SSSR count). The molecule has 0 aliphatic carbocycles. The number of rotatable bonds is 9. The number of carbonyl (C=O) groups is 1. The summed E-state index contributed by atoms with van der Waals surface area (Å²) in [6, 6.07) is 18.6. The van der Waals surface area contributed by atoms with Crippen molar-refractivity contribution in [1.82, 2.24) is 20.4 Å². The highest BCUT2D eigenvalue weighted by atomic mass is 16.5. The van der Waals surface area contributed by atoms with Gasteiger partial charge in [0.2, 0.25) is 17.6 Å². The van der Waals surface area contributed by atoms with E-state index < -0.39 is 0 Å². The van der Waals surface area contributed by atoms with E-state index in [2.05, 4.69) is 58.5 Å². The molecule has 0 saturated carbocycles. The summed E-state index contributed by atoms with van der Waals surface area (Å²) < 4.78 is 5.47. The molecule has 1 atom stereocenters. The van der Waals surface area contributed by atoms with Gasteiger partial charge in [-0.05, 0) is 50.8 Å². The maximum Gasteiger partial charge on any atom is 0.241 e. The quantitative estimate of drug-likeness (QED) is 0.518. The molecule has 0 radical (unpaired) electrons. The Morgan fingerprint density at radius 1 is 1.12 bits per heavy atom. The number of amides is 1. The Bertz CT molecular complexity index is 1010. The van der Waals surface area contributed by atoms with Crippen LogP contribution >= 0.6 is 0 Å². The molecule has 174 valence electrons. The molecular weight excluding hydrogens is 412 g/mol. The summed E-state index contributed by atoms with van der Waals surface area (Å²) in [7, 11) is 0. The third-order valence-electron chi connectivity index (χ3n) is 6.60. The highest BCUT2D eigenvalue weighted by molar-refractivity contribution is 5.78. The summed E-state index contributed by atoms with van der Waals surface area (Å²) in [6.07, 6.45) is 3.79. The molecule has 1 amide bonds. The third-order valence-corrected chi connectivity index (χ3v) is 6.60. The number of nitrogens with zero attached hydrogens (tertiary/aromatic N) is 3. The Hall–Kier alpha value is -2.99. The SMILES string of the molecule is CCC(CNC(=O)C1CCN(Cc2nc(-c3ccc(C)cc3)no2)CC1)Cc1ccccc1. The predicted octanol–water partition coefficient (Wildman–Crippen LogP) is 4.64. The van der Waals surface area contributed by atoms with Crippen LogP contribution in [0.15, 0.2) is 59.1 Å². The maximum atomic E-state index is 12.7. The second-order valence-electron chi connectivity index (χ2n) is 9.14. The molecule has 1 aromatic heterocycles. The average molecular weight is 447 g/mol. The first-order valence-electron chi connectivity index (χ1n) is 12.0. The Morgan fingerprint density at radius 3 is 2.55 bits per heavy atom. The van der Waals surface area contributed by atoms with Crippen LogP contribution in [0.2, 0.25) is 0 Å². The van der Waals surface area contributed by atoms with Crippen molar-refractivity contribution in [3.63, 3.8) is 0 Å². The molecule has 3 aromatic rings. The van der Waals surface area contributed by atoms with Crippen LogP contribution in [-0.4, -0.2) is 40.6 Å². The number of hydrogen-bond acceptors (Lipinski definition) is 5. The first-order chi connectivity index (χ1) is 16.1. The van der Waals surface area contributed by atoms with Gasteiger partial charge in [-0.3, -0.25) is 9.69 Å². The summed E-state index contributed by atoms with van der Waals surface area (Å²) in [5, 5.41) is 7.34. The Balaban J connectivity index is 1.21. The van der Waals surface area contributed by atoms with Crippen LogP contribution < -0.4 is 5.32 Å². The summed E-state index contributed by atoms with van der Waals surface area (Å²) in [5.74, 6) is 2.00. The molecule has 6 nitrogen and oxygen atoms in total. The summed E-state index contributed by atoms with van der Waals surface area (Å²) in [4.78, 5) is 19.6. The highest BCUT2D eigenvalue weighted by Crippen LogP contribution is 2.21. The minimum absolute atomic E-state index is 0.0845. The zero-order valence-electron chi connectivity index (χ0n) is 19.7. The van der Waals surface area contributed by atoms with Gasteiger partial charge in [-0.2, -0.15) is 4.98 Å². The summed E-state index contributed by atoms with van der Waals surface area (Å²) in [6.45, 7) is 7.35. The molecule has 2 heterocycles. The molecule has 1 aliphatic heterocycles. The Kier molecular flexibility index (Phi) is 7.89. The highest BCUT2D eigenvalue weighted by Gasteiger charge is 2.26. The normalized spacial score (nSPS) is 15.9. The van der Waals surface area contributed by atoms with E-state index >= 15 is 0 Å². The number of benzene rings is 2. The molecule has 1 N–H and O–H groups in total. The molecule has 1 aliphatic rings. The predicted molar refractivity (Wildman–Crippen MR) is 129 cm³/mol. The largest absolute Gasteiger partial charge is 0.356 e. The molecule has 1 saturated heterocycles. The first kappa shape index (κ1) is 23.2. The van der Waals surface area contributed by atoms with Crippen molar-refractivity contribution in [3.05, 3.63) is 71.6 Å². The van der Waals surface area contributed by atoms with E-state index in [9.17, 15) is 4.79 Å². The van der Waals surface area contributed by atoms with E-state index in [0.717, 1.165) is 50.9 Å². The zero-order valence-corrected chi connectivity index (χ0v) is 19.7. The first-order valence-corrected chi connectivity index (χ1v) is 12.0. The number of aromatic nitrogens is 2. The number of nitrogens with one attached hydrogen (secondary N) is 1. The van der Waals surface area contributed by atoms with Crippen LogP contribution in [0.1, 0.15) is 43.2 Å². The van der Waals surface area contributed by atoms with Crippen molar-refractivity contribution in [2.45, 2.75) is 46.1 Å². The van der Waals surface area contributed by atoms with Gasteiger partial charge in [-0.15, -0.1) is 0 Å². The van der Waals surface area contributed by atoms with E-state index in [1.54, 1.807) is 0 Å². The monoisotopic (exact) mass is 446 g/mol. The van der Waals surface area contributed by atoms with Gasteiger partial charge in [0.05, 0.1) is 6.54 Å². The van der Waals surface area contributed by atoms with E-state index in [4.69, 9.17) is 4.52 Å². The van der Waals surface area contributed by atoms with E-state index in [1.807, 2.05) is 30.3 Å². The molecular formula is C27H34N4O2. The van der Waals surface area contributed by atoms with Crippen molar-refractivity contribution in [1.29, 1.82) is 0 Å². The van der Waals surface area contributed by atoms with Crippen LogP contribution in [0.3, 0.4) is 0 Å². The molecule has 1 fully saturated rings. The second-order valence-corrected chi connectivity index (χ2v) is 9.14. The number of carbonyl (C=O) groups excluding carboxylic acids is 1. The average Bonchev–Trinajstić information content (AvgIpc) is 3.31. The van der Waals surface area contributed by atoms with Crippen molar-refractivity contribution in [2.24, 2.45) is 11.8 Å². The van der Waals surface area contributed by atoms with Crippen LogP contribution in [0.5, 0.6) is 0 Å². The van der Waals surface area contributed by atoms with Gasteiger partial charge in [-0.1, -0.05) is 78.7 Å². The van der Waals surface area contributed by atoms with Crippen LogP contribution in [-0.2, 0) is 17.8 Å².